The summed E-state index contributed by atoms with van der Waals surface area (Å²) in [5.74, 6) is -1.02. The lowest BCUT2D eigenvalue weighted by Crippen LogP contribution is -2.56. The monoisotopic (exact) mass is 288 g/mol. The first kappa shape index (κ1) is 15.2. The van der Waals surface area contributed by atoms with Gasteiger partial charge in [-0.2, -0.15) is 0 Å². The van der Waals surface area contributed by atoms with Gasteiger partial charge in [-0.3, -0.25) is 9.78 Å². The van der Waals surface area contributed by atoms with Gasteiger partial charge in [0.25, 0.3) is 0 Å². The van der Waals surface area contributed by atoms with Crippen LogP contribution in [0.15, 0.2) is 30.6 Å². The van der Waals surface area contributed by atoms with Crippen LogP contribution in [-0.2, 0) is 9.59 Å². The highest BCUT2D eigenvalue weighted by atomic mass is 16.4. The van der Waals surface area contributed by atoms with Crippen molar-refractivity contribution in [3.05, 3.63) is 36.2 Å². The minimum Gasteiger partial charge on any atom is -0.480 e. The van der Waals surface area contributed by atoms with Gasteiger partial charge >= 0.3 is 5.97 Å². The molecule has 5 heteroatoms. The molecule has 2 N–H and O–H groups in total. The van der Waals surface area contributed by atoms with Crippen LogP contribution >= 0.6 is 0 Å². The first-order chi connectivity index (χ1) is 10.0. The van der Waals surface area contributed by atoms with Gasteiger partial charge in [0.05, 0.1) is 0 Å². The molecule has 1 amide bonds. The molecule has 0 aliphatic heterocycles. The number of nitrogens with one attached hydrogen (secondary N) is 1. The Morgan fingerprint density at radius 1 is 1.52 bits per heavy atom. The summed E-state index contributed by atoms with van der Waals surface area (Å²) in [5, 5.41) is 12.2. The molecule has 2 atom stereocenters. The van der Waals surface area contributed by atoms with E-state index >= 15 is 0 Å². The molecule has 1 heterocycles. The third kappa shape index (κ3) is 3.90. The highest BCUT2D eigenvalue weighted by Gasteiger charge is 2.42. The van der Waals surface area contributed by atoms with Crippen molar-refractivity contribution in [3.8, 4) is 0 Å². The molecule has 112 valence electrons. The lowest BCUT2D eigenvalue weighted by molar-refractivity contribution is -0.149. The zero-order valence-corrected chi connectivity index (χ0v) is 12.1. The second-order valence-electron chi connectivity index (χ2n) is 5.70. The summed E-state index contributed by atoms with van der Waals surface area (Å²) < 4.78 is 0. The summed E-state index contributed by atoms with van der Waals surface area (Å²) in [6, 6.07) is 3.60. The van der Waals surface area contributed by atoms with Crippen molar-refractivity contribution >= 4 is 18.0 Å². The predicted octanol–water partition coefficient (Wildman–Crippen LogP) is 2.24. The zero-order valence-electron chi connectivity index (χ0n) is 12.1. The quantitative estimate of drug-likeness (QED) is 0.833. The maximum atomic E-state index is 12.0. The van der Waals surface area contributed by atoms with E-state index in [0.717, 1.165) is 18.4 Å². The van der Waals surface area contributed by atoms with Crippen molar-refractivity contribution in [1.29, 1.82) is 0 Å². The lowest BCUT2D eigenvalue weighted by atomic mass is 9.76. The number of carbonyl (C=O) groups is 2. The molecule has 2 rings (SSSR count). The zero-order chi connectivity index (χ0) is 15.3. The van der Waals surface area contributed by atoms with E-state index in [1.54, 1.807) is 24.5 Å². The molecule has 0 saturated heterocycles. The Labute approximate surface area is 124 Å². The first-order valence-corrected chi connectivity index (χ1v) is 7.15. The van der Waals surface area contributed by atoms with Crippen LogP contribution in [0.25, 0.3) is 6.08 Å². The molecule has 0 radical (unpaired) electrons. The minimum atomic E-state index is -1.13. The van der Waals surface area contributed by atoms with Gasteiger partial charge in [-0.15, -0.1) is 0 Å². The molecule has 0 bridgehead atoms. The van der Waals surface area contributed by atoms with Crippen molar-refractivity contribution < 1.29 is 14.7 Å². The van der Waals surface area contributed by atoms with Crippen LogP contribution in [0.5, 0.6) is 0 Å². The normalized spacial score (nSPS) is 25.7. The maximum absolute atomic E-state index is 12.0. The predicted molar refractivity (Wildman–Crippen MR) is 79.4 cm³/mol. The van der Waals surface area contributed by atoms with Crippen LogP contribution in [0, 0.1) is 5.92 Å². The van der Waals surface area contributed by atoms with E-state index in [1.807, 2.05) is 13.0 Å². The van der Waals surface area contributed by atoms with Crippen molar-refractivity contribution in [2.45, 2.75) is 38.1 Å². The molecule has 1 aromatic rings. The molecule has 2 unspecified atom stereocenters. The number of carbonyl (C=O) groups excluding carboxylic acids is 1. The molecule has 21 heavy (non-hydrogen) atoms. The Hall–Kier alpha value is -2.17. The topological polar surface area (TPSA) is 79.3 Å². The van der Waals surface area contributed by atoms with Crippen molar-refractivity contribution in [2.75, 3.05) is 0 Å². The van der Waals surface area contributed by atoms with Crippen molar-refractivity contribution in [3.63, 3.8) is 0 Å². The fourth-order valence-electron chi connectivity index (χ4n) is 2.84. The van der Waals surface area contributed by atoms with Gasteiger partial charge in [0, 0.05) is 18.5 Å². The minimum absolute atomic E-state index is 0.303. The summed E-state index contributed by atoms with van der Waals surface area (Å²) >= 11 is 0. The van der Waals surface area contributed by atoms with Gasteiger partial charge in [-0.05, 0) is 36.5 Å². The largest absolute Gasteiger partial charge is 0.480 e. The molecule has 0 aromatic carbocycles. The van der Waals surface area contributed by atoms with E-state index in [9.17, 15) is 14.7 Å². The Kier molecular flexibility index (Phi) is 4.73. The van der Waals surface area contributed by atoms with E-state index < -0.39 is 11.5 Å². The number of hydrogen-bond donors (Lipinski definition) is 2. The van der Waals surface area contributed by atoms with E-state index in [-0.39, 0.29) is 5.91 Å². The van der Waals surface area contributed by atoms with Gasteiger partial charge in [-0.1, -0.05) is 25.8 Å². The number of carboxylic acid groups (broad SMARTS) is 1. The van der Waals surface area contributed by atoms with Gasteiger partial charge in [-0.25, -0.2) is 4.79 Å². The highest BCUT2D eigenvalue weighted by molar-refractivity contribution is 5.95. The van der Waals surface area contributed by atoms with Gasteiger partial charge in [0.1, 0.15) is 5.54 Å². The molecular weight excluding hydrogens is 268 g/mol. The molecule has 1 aromatic heterocycles. The number of amides is 1. The highest BCUT2D eigenvalue weighted by Crippen LogP contribution is 2.32. The molecule has 5 nitrogen and oxygen atoms in total. The number of aliphatic carboxylic acids is 1. The smallest absolute Gasteiger partial charge is 0.329 e. The average molecular weight is 288 g/mol. The molecule has 1 aliphatic carbocycles. The molecular formula is C16H20N2O3. The maximum Gasteiger partial charge on any atom is 0.329 e. The van der Waals surface area contributed by atoms with E-state index in [4.69, 9.17) is 0 Å². The summed E-state index contributed by atoms with van der Waals surface area (Å²) in [6.45, 7) is 2.02. The van der Waals surface area contributed by atoms with Crippen molar-refractivity contribution in [2.24, 2.45) is 5.92 Å². The fourth-order valence-corrected chi connectivity index (χ4v) is 2.84. The number of hydrogen-bond acceptors (Lipinski definition) is 3. The Morgan fingerprint density at radius 3 is 2.95 bits per heavy atom. The summed E-state index contributed by atoms with van der Waals surface area (Å²) in [4.78, 5) is 27.6. The van der Waals surface area contributed by atoms with E-state index in [0.29, 0.717) is 18.8 Å². The third-order valence-electron chi connectivity index (χ3n) is 3.88. The third-order valence-corrected chi connectivity index (χ3v) is 3.88. The second kappa shape index (κ2) is 6.52. The van der Waals surface area contributed by atoms with Crippen LogP contribution in [0.1, 0.15) is 38.2 Å². The fraction of sp³-hybridized carbons (Fsp3) is 0.438. The van der Waals surface area contributed by atoms with Crippen LogP contribution < -0.4 is 5.32 Å². The van der Waals surface area contributed by atoms with E-state index in [2.05, 4.69) is 10.3 Å². The Balaban J connectivity index is 2.05. The van der Waals surface area contributed by atoms with Gasteiger partial charge in [0.15, 0.2) is 0 Å². The van der Waals surface area contributed by atoms with E-state index in [1.165, 1.54) is 6.08 Å². The number of nitrogens with zero attached hydrogens (tertiary/aromatic N) is 1. The second-order valence-corrected chi connectivity index (χ2v) is 5.70. The summed E-state index contributed by atoms with van der Waals surface area (Å²) in [7, 11) is 0. The molecule has 1 fully saturated rings. The van der Waals surface area contributed by atoms with Crippen LogP contribution in [0.2, 0.25) is 0 Å². The number of rotatable bonds is 4. The lowest BCUT2D eigenvalue weighted by Gasteiger charge is -2.36. The Morgan fingerprint density at radius 2 is 2.33 bits per heavy atom. The number of pyridine rings is 1. The molecule has 0 spiro atoms. The SMILES string of the molecule is CC1CCCC(NC(=O)C=Cc2cccnc2)(C(=O)O)C1. The first-order valence-electron chi connectivity index (χ1n) is 7.15. The average Bonchev–Trinajstić information content (AvgIpc) is 2.46. The van der Waals surface area contributed by atoms with Gasteiger partial charge < -0.3 is 10.4 Å². The Bertz CT molecular complexity index is 542. The van der Waals surface area contributed by atoms with Crippen molar-refractivity contribution in [1.82, 2.24) is 10.3 Å². The van der Waals surface area contributed by atoms with Crippen LogP contribution in [0.4, 0.5) is 0 Å². The summed E-state index contributed by atoms with van der Waals surface area (Å²) in [5.41, 5.74) is -0.331. The van der Waals surface area contributed by atoms with Crippen LogP contribution in [0.3, 0.4) is 0 Å². The number of aromatic nitrogens is 1. The van der Waals surface area contributed by atoms with Gasteiger partial charge in [0.2, 0.25) is 5.91 Å². The summed E-state index contributed by atoms with van der Waals surface area (Å²) in [6.07, 6.45) is 9.08. The number of carboxylic acids is 1. The van der Waals surface area contributed by atoms with Crippen LogP contribution in [-0.4, -0.2) is 27.5 Å². The molecule has 1 saturated carbocycles. The molecule has 1 aliphatic rings. The standard InChI is InChI=1S/C16H20N2O3/c1-12-4-2-8-16(10-12,15(20)21)18-14(19)7-6-13-5-3-9-17-11-13/h3,5-7,9,11-12H,2,4,8,10H2,1H3,(H,18,19)(H,20,21).